The second kappa shape index (κ2) is 9.18. The fraction of sp³-hybridized carbons (Fsp3) is 0.400. The summed E-state index contributed by atoms with van der Waals surface area (Å²) in [5.41, 5.74) is 3.96. The number of allylic oxidation sites excluding steroid dienone is 5. The van der Waals surface area contributed by atoms with Gasteiger partial charge in [-0.2, -0.15) is 0 Å². The van der Waals surface area contributed by atoms with E-state index in [1.807, 2.05) is 13.1 Å². The Labute approximate surface area is 149 Å². The van der Waals surface area contributed by atoms with Crippen LogP contribution in [0.25, 0.3) is 0 Å². The summed E-state index contributed by atoms with van der Waals surface area (Å²) in [7, 11) is 1.82. The molecule has 0 saturated heterocycles. The van der Waals surface area contributed by atoms with Gasteiger partial charge in [-0.05, 0) is 18.1 Å². The number of fused-ring (bicyclic) bond motifs is 1. The number of rotatable bonds is 8. The van der Waals surface area contributed by atoms with Gasteiger partial charge in [-0.3, -0.25) is 19.8 Å². The summed E-state index contributed by atoms with van der Waals surface area (Å²) in [5.74, 6) is 0. The van der Waals surface area contributed by atoms with E-state index in [0.717, 1.165) is 48.5 Å². The quantitative estimate of drug-likeness (QED) is 0.584. The molecule has 0 amide bonds. The Bertz CT molecular complexity index is 761. The predicted molar refractivity (Wildman–Crippen MR) is 105 cm³/mol. The fourth-order valence-electron chi connectivity index (χ4n) is 2.96. The molecule has 2 rings (SSSR count). The number of aliphatic imine (C=N–C) groups is 1. The number of hydrogen-bond acceptors (Lipinski definition) is 3. The molecule has 1 aromatic rings. The van der Waals surface area contributed by atoms with Gasteiger partial charge in [0.25, 0.3) is 5.56 Å². The average Bonchev–Trinajstić information content (AvgIpc) is 2.93. The summed E-state index contributed by atoms with van der Waals surface area (Å²) in [4.78, 5) is 19.3. The van der Waals surface area contributed by atoms with E-state index < -0.39 is 0 Å². The lowest BCUT2D eigenvalue weighted by molar-refractivity contribution is 0.288. The zero-order valence-corrected chi connectivity index (χ0v) is 15.3. The molecule has 5 nitrogen and oxygen atoms in total. The molecule has 0 aromatic carbocycles. The molecular formula is C20H28N4O. The Morgan fingerprint density at radius 1 is 1.36 bits per heavy atom. The summed E-state index contributed by atoms with van der Waals surface area (Å²) in [6.07, 6.45) is 11.4. The highest BCUT2D eigenvalue weighted by Gasteiger charge is 2.23. The van der Waals surface area contributed by atoms with Crippen molar-refractivity contribution < 1.29 is 0 Å². The van der Waals surface area contributed by atoms with Crippen molar-refractivity contribution in [2.24, 2.45) is 4.99 Å². The van der Waals surface area contributed by atoms with Gasteiger partial charge in [-0.25, -0.2) is 4.68 Å². The van der Waals surface area contributed by atoms with Crippen LogP contribution < -0.4 is 5.56 Å². The normalized spacial score (nSPS) is 16.2. The van der Waals surface area contributed by atoms with E-state index in [1.165, 1.54) is 0 Å². The van der Waals surface area contributed by atoms with E-state index in [0.29, 0.717) is 13.1 Å². The molecule has 1 aliphatic rings. The Morgan fingerprint density at radius 2 is 2.16 bits per heavy atom. The first kappa shape index (κ1) is 18.9. The lowest BCUT2D eigenvalue weighted by atomic mass is 10.1. The van der Waals surface area contributed by atoms with Gasteiger partial charge < -0.3 is 0 Å². The minimum Gasteiger partial charge on any atom is -0.299 e. The summed E-state index contributed by atoms with van der Waals surface area (Å²) in [6, 6.07) is 0. The molecule has 0 atom stereocenters. The second-order valence-corrected chi connectivity index (χ2v) is 6.13. The van der Waals surface area contributed by atoms with Gasteiger partial charge in [0.15, 0.2) is 0 Å². The average molecular weight is 340 g/mol. The first-order chi connectivity index (χ1) is 12.1. The minimum absolute atomic E-state index is 0.0515. The molecule has 25 heavy (non-hydrogen) atoms. The van der Waals surface area contributed by atoms with E-state index in [4.69, 9.17) is 0 Å². The molecule has 0 saturated carbocycles. The molecule has 0 aliphatic carbocycles. The smallest absolute Gasteiger partial charge is 0.271 e. The van der Waals surface area contributed by atoms with Gasteiger partial charge >= 0.3 is 0 Å². The van der Waals surface area contributed by atoms with Crippen molar-refractivity contribution in [3.63, 3.8) is 0 Å². The number of nitrogens with one attached hydrogen (secondary N) is 1. The van der Waals surface area contributed by atoms with Crippen LogP contribution in [0.2, 0.25) is 0 Å². The van der Waals surface area contributed by atoms with E-state index >= 15 is 0 Å². The van der Waals surface area contributed by atoms with E-state index in [2.05, 4.69) is 47.2 Å². The number of aromatic nitrogens is 2. The van der Waals surface area contributed by atoms with Crippen molar-refractivity contribution in [2.45, 2.75) is 32.9 Å². The Morgan fingerprint density at radius 3 is 2.80 bits per heavy atom. The van der Waals surface area contributed by atoms with Crippen LogP contribution in [0, 0.1) is 0 Å². The monoisotopic (exact) mass is 340 g/mol. The molecule has 0 spiro atoms. The number of nitrogens with zero attached hydrogens (tertiary/aromatic N) is 3. The maximum atomic E-state index is 12.7. The highest BCUT2D eigenvalue weighted by molar-refractivity contribution is 5.96. The highest BCUT2D eigenvalue weighted by Crippen LogP contribution is 2.15. The molecule has 2 heterocycles. The molecule has 1 N–H and O–H groups in total. The van der Waals surface area contributed by atoms with Gasteiger partial charge in [0.2, 0.25) is 0 Å². The first-order valence-electron chi connectivity index (χ1n) is 8.72. The molecule has 1 aromatic heterocycles. The number of aromatic amines is 1. The van der Waals surface area contributed by atoms with Crippen molar-refractivity contribution in [1.82, 2.24) is 14.7 Å². The van der Waals surface area contributed by atoms with Gasteiger partial charge in [-0.15, -0.1) is 0 Å². The molecule has 0 radical (unpaired) electrons. The Hall–Kier alpha value is -2.40. The Kier molecular flexibility index (Phi) is 6.95. The van der Waals surface area contributed by atoms with Crippen LogP contribution in [0.1, 0.15) is 24.6 Å². The summed E-state index contributed by atoms with van der Waals surface area (Å²) in [6.45, 7) is 12.4. The highest BCUT2D eigenvalue weighted by atomic mass is 16.1. The lowest BCUT2D eigenvalue weighted by Crippen LogP contribution is -2.36. The standard InChI is InChI=1S/C20H28N4O/c1-5-8-10-17(21-4)14-23-12-11-19-18(15-23)20(25)24(22-19)13-16(7-3)9-6-2/h6-10,22H,2-3,5,11-15H2,1,4H3/b10-8-,16-9+,21-17?. The molecule has 5 heteroatoms. The Balaban J connectivity index is 2.14. The van der Waals surface area contributed by atoms with Crippen LogP contribution in [-0.4, -0.2) is 40.5 Å². The topological polar surface area (TPSA) is 53.4 Å². The molecule has 0 fully saturated rings. The largest absolute Gasteiger partial charge is 0.299 e. The third-order valence-corrected chi connectivity index (χ3v) is 4.35. The fourth-order valence-corrected chi connectivity index (χ4v) is 2.96. The minimum atomic E-state index is 0.0515. The summed E-state index contributed by atoms with van der Waals surface area (Å²) in [5, 5.41) is 3.26. The van der Waals surface area contributed by atoms with Crippen molar-refractivity contribution in [2.75, 3.05) is 20.1 Å². The SMILES string of the molecule is C=C/C=C(\C=C)Cn1[nH]c2c(c1=O)CN(CC(/C=C\CC)=NC)CC2. The number of H-pyrrole nitrogens is 1. The summed E-state index contributed by atoms with van der Waals surface area (Å²) >= 11 is 0. The van der Waals surface area contributed by atoms with E-state index in [-0.39, 0.29) is 5.56 Å². The predicted octanol–water partition coefficient (Wildman–Crippen LogP) is 2.87. The zero-order chi connectivity index (χ0) is 18.2. The maximum Gasteiger partial charge on any atom is 0.271 e. The van der Waals surface area contributed by atoms with Crippen molar-refractivity contribution in [3.8, 4) is 0 Å². The zero-order valence-electron chi connectivity index (χ0n) is 15.3. The van der Waals surface area contributed by atoms with Crippen molar-refractivity contribution in [1.29, 1.82) is 0 Å². The van der Waals surface area contributed by atoms with Crippen molar-refractivity contribution >= 4 is 5.71 Å². The molecule has 134 valence electrons. The molecule has 0 bridgehead atoms. The van der Waals surface area contributed by atoms with Gasteiger partial charge in [0.1, 0.15) is 0 Å². The first-order valence-corrected chi connectivity index (χ1v) is 8.72. The maximum absolute atomic E-state index is 12.7. The lowest BCUT2D eigenvalue weighted by Gasteiger charge is -2.25. The van der Waals surface area contributed by atoms with Crippen molar-refractivity contribution in [3.05, 3.63) is 70.7 Å². The molecule has 1 aliphatic heterocycles. The third-order valence-electron chi connectivity index (χ3n) is 4.35. The molecular weight excluding hydrogens is 312 g/mol. The van der Waals surface area contributed by atoms with Gasteiger partial charge in [-0.1, -0.05) is 44.4 Å². The van der Waals surface area contributed by atoms with Crippen LogP contribution in [0.3, 0.4) is 0 Å². The van der Waals surface area contributed by atoms with Crippen LogP contribution in [0.4, 0.5) is 0 Å². The van der Waals surface area contributed by atoms with Crippen LogP contribution in [0.5, 0.6) is 0 Å². The number of hydrogen-bond donors (Lipinski definition) is 1. The third kappa shape index (κ3) is 4.79. The second-order valence-electron chi connectivity index (χ2n) is 6.13. The van der Waals surface area contributed by atoms with E-state index in [9.17, 15) is 4.79 Å². The van der Waals surface area contributed by atoms with Crippen LogP contribution in [-0.2, 0) is 19.5 Å². The van der Waals surface area contributed by atoms with Crippen LogP contribution in [0.15, 0.2) is 58.9 Å². The van der Waals surface area contributed by atoms with Gasteiger partial charge in [0.05, 0.1) is 12.1 Å². The molecule has 0 unspecified atom stereocenters. The summed E-state index contributed by atoms with van der Waals surface area (Å²) < 4.78 is 1.66. The van der Waals surface area contributed by atoms with Gasteiger partial charge in [0, 0.05) is 44.5 Å². The van der Waals surface area contributed by atoms with Crippen LogP contribution >= 0.6 is 0 Å². The van der Waals surface area contributed by atoms with E-state index in [1.54, 1.807) is 16.8 Å².